The molecule has 0 atom stereocenters. The van der Waals surface area contributed by atoms with Gasteiger partial charge in [0.15, 0.2) is 0 Å². The van der Waals surface area contributed by atoms with Gasteiger partial charge in [-0.2, -0.15) is 0 Å². The van der Waals surface area contributed by atoms with Crippen LogP contribution in [0.5, 0.6) is 0 Å². The quantitative estimate of drug-likeness (QED) is 0.247. The van der Waals surface area contributed by atoms with Crippen LogP contribution < -0.4 is 10.5 Å². The molecule has 0 aliphatic heterocycles. The minimum atomic E-state index is -0.375. The van der Waals surface area contributed by atoms with Gasteiger partial charge in [-0.3, -0.25) is 0 Å². The predicted octanol–water partition coefficient (Wildman–Crippen LogP) is 5.26. The molecular weight excluding hydrogens is 336 g/mol. The molecule has 130 valence electrons. The maximum atomic E-state index is 13.0. The molecule has 0 saturated heterocycles. The van der Waals surface area contributed by atoms with Crippen molar-refractivity contribution < 1.29 is 4.42 Å². The van der Waals surface area contributed by atoms with Crippen LogP contribution in [0.3, 0.4) is 0 Å². The minimum absolute atomic E-state index is 0.375. The normalized spacial score (nSPS) is 11.3. The molecule has 0 N–H and O–H groups in total. The molecule has 4 nitrogen and oxygen atoms in total. The standard InChI is InChI=1S/C23H16N2O2/c1-25(15-9-3-2-4-10-15)22-16-11-5-7-13-18(16)24-21-17-12-6-8-14-19(17)27-23(26)20(21)22/h2-14H,1H3. The maximum Gasteiger partial charge on any atom is 0.347 e. The molecule has 0 amide bonds. The van der Waals surface area contributed by atoms with E-state index in [1.54, 1.807) is 6.07 Å². The molecule has 0 spiro atoms. The van der Waals surface area contributed by atoms with Crippen molar-refractivity contribution in [3.05, 3.63) is 89.3 Å². The van der Waals surface area contributed by atoms with Crippen LogP contribution in [0, 0.1) is 0 Å². The Kier molecular flexibility index (Phi) is 3.44. The third-order valence-electron chi connectivity index (χ3n) is 4.89. The van der Waals surface area contributed by atoms with Crippen molar-refractivity contribution in [3.63, 3.8) is 0 Å². The second kappa shape index (κ2) is 5.95. The van der Waals surface area contributed by atoms with Crippen molar-refractivity contribution in [2.45, 2.75) is 0 Å². The Morgan fingerprint density at radius 3 is 2.30 bits per heavy atom. The Morgan fingerprint density at radius 1 is 0.815 bits per heavy atom. The van der Waals surface area contributed by atoms with Crippen LogP contribution in [0.15, 0.2) is 88.1 Å². The van der Waals surface area contributed by atoms with Crippen LogP contribution in [0.2, 0.25) is 0 Å². The summed E-state index contributed by atoms with van der Waals surface area (Å²) in [6.07, 6.45) is 0. The van der Waals surface area contributed by atoms with Gasteiger partial charge in [0.2, 0.25) is 0 Å². The average Bonchev–Trinajstić information content (AvgIpc) is 2.72. The van der Waals surface area contributed by atoms with E-state index in [1.807, 2.05) is 84.7 Å². The lowest BCUT2D eigenvalue weighted by atomic mass is 10.1. The SMILES string of the molecule is CN(c1ccccc1)c1c2ccccc2nc2c1c(=O)oc1ccccc12. The molecule has 5 rings (SSSR count). The number of rotatable bonds is 2. The molecule has 0 aliphatic rings. The molecule has 27 heavy (non-hydrogen) atoms. The first-order valence-electron chi connectivity index (χ1n) is 8.77. The number of nitrogens with zero attached hydrogens (tertiary/aromatic N) is 2. The second-order valence-electron chi connectivity index (χ2n) is 6.48. The lowest BCUT2D eigenvalue weighted by Gasteiger charge is -2.23. The molecule has 0 bridgehead atoms. The van der Waals surface area contributed by atoms with Gasteiger partial charge in [0.1, 0.15) is 11.0 Å². The first-order chi connectivity index (χ1) is 13.2. The topological polar surface area (TPSA) is 46.3 Å². The highest BCUT2D eigenvalue weighted by Crippen LogP contribution is 2.37. The van der Waals surface area contributed by atoms with Crippen molar-refractivity contribution in [1.82, 2.24) is 4.98 Å². The first-order valence-corrected chi connectivity index (χ1v) is 8.77. The molecular formula is C23H16N2O2. The van der Waals surface area contributed by atoms with Gasteiger partial charge < -0.3 is 9.32 Å². The van der Waals surface area contributed by atoms with E-state index in [4.69, 9.17) is 9.40 Å². The Hall–Kier alpha value is -3.66. The van der Waals surface area contributed by atoms with Gasteiger partial charge in [0.05, 0.1) is 16.7 Å². The highest BCUT2D eigenvalue weighted by molar-refractivity contribution is 6.15. The molecule has 0 unspecified atom stereocenters. The highest BCUT2D eigenvalue weighted by atomic mass is 16.4. The van der Waals surface area contributed by atoms with Crippen molar-refractivity contribution in [2.24, 2.45) is 0 Å². The highest BCUT2D eigenvalue weighted by Gasteiger charge is 2.19. The fourth-order valence-corrected chi connectivity index (χ4v) is 3.61. The zero-order valence-corrected chi connectivity index (χ0v) is 14.7. The van der Waals surface area contributed by atoms with Gasteiger partial charge in [-0.15, -0.1) is 0 Å². The van der Waals surface area contributed by atoms with Crippen LogP contribution >= 0.6 is 0 Å². The zero-order valence-electron chi connectivity index (χ0n) is 14.7. The molecule has 0 radical (unpaired) electrons. The smallest absolute Gasteiger partial charge is 0.347 e. The van der Waals surface area contributed by atoms with E-state index >= 15 is 0 Å². The number of para-hydroxylation sites is 3. The van der Waals surface area contributed by atoms with E-state index in [1.165, 1.54) is 0 Å². The van der Waals surface area contributed by atoms with Crippen LogP contribution in [0.1, 0.15) is 0 Å². The number of hydrogen-bond donors (Lipinski definition) is 0. The molecule has 2 aromatic heterocycles. The molecule has 0 aliphatic carbocycles. The van der Waals surface area contributed by atoms with E-state index in [2.05, 4.69) is 0 Å². The van der Waals surface area contributed by atoms with Gasteiger partial charge in [0.25, 0.3) is 0 Å². The van der Waals surface area contributed by atoms with Crippen molar-refractivity contribution in [3.8, 4) is 0 Å². The zero-order chi connectivity index (χ0) is 18.4. The first kappa shape index (κ1) is 15.6. The lowest BCUT2D eigenvalue weighted by Crippen LogP contribution is -2.14. The predicted molar refractivity (Wildman–Crippen MR) is 110 cm³/mol. The number of anilines is 2. The second-order valence-corrected chi connectivity index (χ2v) is 6.48. The van der Waals surface area contributed by atoms with Gasteiger partial charge >= 0.3 is 5.63 Å². The Morgan fingerprint density at radius 2 is 1.48 bits per heavy atom. The Bertz CT molecular complexity index is 1360. The fourth-order valence-electron chi connectivity index (χ4n) is 3.61. The number of hydrogen-bond acceptors (Lipinski definition) is 4. The molecule has 3 aromatic carbocycles. The van der Waals surface area contributed by atoms with Gasteiger partial charge in [0, 0.05) is 23.5 Å². The van der Waals surface area contributed by atoms with E-state index in [0.717, 1.165) is 27.7 Å². The Balaban J connectivity index is 2.00. The van der Waals surface area contributed by atoms with E-state index in [9.17, 15) is 4.79 Å². The fraction of sp³-hybridized carbons (Fsp3) is 0.0435. The summed E-state index contributed by atoms with van der Waals surface area (Å²) in [7, 11) is 1.96. The lowest BCUT2D eigenvalue weighted by molar-refractivity contribution is 0.569. The van der Waals surface area contributed by atoms with E-state index in [-0.39, 0.29) is 5.63 Å². The van der Waals surface area contributed by atoms with Crippen LogP contribution in [0.25, 0.3) is 32.8 Å². The molecule has 5 aromatic rings. The van der Waals surface area contributed by atoms with Gasteiger partial charge in [-0.25, -0.2) is 9.78 Å². The molecule has 0 saturated carbocycles. The summed E-state index contributed by atoms with van der Waals surface area (Å²) in [5, 5.41) is 2.25. The van der Waals surface area contributed by atoms with Crippen LogP contribution in [0.4, 0.5) is 11.4 Å². The summed E-state index contributed by atoms with van der Waals surface area (Å²) >= 11 is 0. The summed E-state index contributed by atoms with van der Waals surface area (Å²) in [5.74, 6) is 0. The molecule has 2 heterocycles. The van der Waals surface area contributed by atoms with Crippen LogP contribution in [-0.4, -0.2) is 12.0 Å². The summed E-state index contributed by atoms with van der Waals surface area (Å²) in [6, 6.07) is 25.4. The molecule has 0 fully saturated rings. The average molecular weight is 352 g/mol. The minimum Gasteiger partial charge on any atom is -0.422 e. The third kappa shape index (κ3) is 2.38. The van der Waals surface area contributed by atoms with Gasteiger partial charge in [-0.05, 0) is 30.3 Å². The van der Waals surface area contributed by atoms with Crippen LogP contribution in [-0.2, 0) is 0 Å². The van der Waals surface area contributed by atoms with Crippen molar-refractivity contribution in [1.29, 1.82) is 0 Å². The van der Waals surface area contributed by atoms with E-state index < -0.39 is 0 Å². The number of fused-ring (bicyclic) bond motifs is 4. The van der Waals surface area contributed by atoms with Crippen molar-refractivity contribution in [2.75, 3.05) is 11.9 Å². The Labute approximate surface area is 155 Å². The summed E-state index contributed by atoms with van der Waals surface area (Å²) in [6.45, 7) is 0. The monoisotopic (exact) mass is 352 g/mol. The largest absolute Gasteiger partial charge is 0.422 e. The maximum absolute atomic E-state index is 13.0. The van der Waals surface area contributed by atoms with Gasteiger partial charge in [-0.1, -0.05) is 48.5 Å². The van der Waals surface area contributed by atoms with E-state index in [0.29, 0.717) is 16.5 Å². The molecule has 4 heteroatoms. The number of benzene rings is 3. The number of pyridine rings is 1. The summed E-state index contributed by atoms with van der Waals surface area (Å²) < 4.78 is 5.63. The van der Waals surface area contributed by atoms with Crippen molar-refractivity contribution >= 4 is 44.1 Å². The third-order valence-corrected chi connectivity index (χ3v) is 4.89. The number of aromatic nitrogens is 1. The summed E-state index contributed by atoms with van der Waals surface area (Å²) in [5.41, 5.74) is 3.48. The summed E-state index contributed by atoms with van der Waals surface area (Å²) in [4.78, 5) is 19.8.